The van der Waals surface area contributed by atoms with Gasteiger partial charge >= 0.3 is 12.1 Å². The van der Waals surface area contributed by atoms with Crippen LogP contribution in [-0.4, -0.2) is 66.8 Å². The fourth-order valence-corrected chi connectivity index (χ4v) is 7.81. The van der Waals surface area contributed by atoms with Crippen LogP contribution in [0.1, 0.15) is 135 Å². The number of hydrogen-bond acceptors (Lipinski definition) is 8. The smallest absolute Gasteiger partial charge is 0.410 e. The minimum atomic E-state index is -0.541. The van der Waals surface area contributed by atoms with Crippen molar-refractivity contribution in [2.24, 2.45) is 5.10 Å². The minimum Gasteiger partial charge on any atom is -0.456 e. The zero-order valence-electron chi connectivity index (χ0n) is 35.1. The second kappa shape index (κ2) is 17.7. The molecule has 1 amide bonds. The molecule has 298 valence electrons. The number of rotatable bonds is 13. The minimum absolute atomic E-state index is 0.0773. The third kappa shape index (κ3) is 11.0. The topological polar surface area (TPSA) is 89.9 Å². The number of carbonyl (C=O) groups excluding carboxylic acids is 2. The Bertz CT molecular complexity index is 1850. The molecule has 9 nitrogen and oxygen atoms in total. The molecule has 0 aromatic heterocycles. The van der Waals surface area contributed by atoms with Crippen LogP contribution in [0.25, 0.3) is 0 Å². The Morgan fingerprint density at radius 2 is 1.62 bits per heavy atom. The van der Waals surface area contributed by atoms with Gasteiger partial charge in [-0.2, -0.15) is 5.10 Å². The molecule has 0 aliphatic carbocycles. The second-order valence-electron chi connectivity index (χ2n) is 17.1. The lowest BCUT2D eigenvalue weighted by molar-refractivity contribution is 0.00669. The number of nitrogens with zero attached hydrogens (tertiary/aromatic N) is 3. The Kier molecular flexibility index (Phi) is 13.5. The van der Waals surface area contributed by atoms with E-state index in [0.717, 1.165) is 54.6 Å². The van der Waals surface area contributed by atoms with Crippen molar-refractivity contribution in [1.29, 1.82) is 0 Å². The summed E-state index contributed by atoms with van der Waals surface area (Å²) in [4.78, 5) is 27.6. The van der Waals surface area contributed by atoms with Crippen molar-refractivity contribution in [2.45, 2.75) is 138 Å². The van der Waals surface area contributed by atoms with Gasteiger partial charge in [-0.3, -0.25) is 5.01 Å². The van der Waals surface area contributed by atoms with E-state index in [4.69, 9.17) is 24.0 Å². The summed E-state index contributed by atoms with van der Waals surface area (Å²) >= 11 is 0. The van der Waals surface area contributed by atoms with E-state index in [9.17, 15) is 9.59 Å². The van der Waals surface area contributed by atoms with Gasteiger partial charge in [0.25, 0.3) is 0 Å². The molecule has 2 aliphatic heterocycles. The normalized spacial score (nSPS) is 15.3. The van der Waals surface area contributed by atoms with E-state index in [0.29, 0.717) is 38.5 Å². The highest BCUT2D eigenvalue weighted by Gasteiger charge is 2.29. The molecule has 0 radical (unpaired) electrons. The molecule has 0 saturated heterocycles. The van der Waals surface area contributed by atoms with Crippen LogP contribution in [0, 0.1) is 20.8 Å². The average molecular weight is 754 g/mol. The summed E-state index contributed by atoms with van der Waals surface area (Å²) in [6.45, 7) is 25.4. The van der Waals surface area contributed by atoms with Crippen molar-refractivity contribution in [2.75, 3.05) is 31.3 Å². The number of amides is 1. The van der Waals surface area contributed by atoms with E-state index in [1.54, 1.807) is 0 Å². The number of fused-ring (bicyclic) bond motifs is 2. The van der Waals surface area contributed by atoms with Gasteiger partial charge in [-0.15, -0.1) is 0 Å². The first kappa shape index (κ1) is 41.9. The Morgan fingerprint density at radius 1 is 0.909 bits per heavy atom. The number of benzene rings is 3. The first-order valence-corrected chi connectivity index (χ1v) is 20.0. The molecule has 0 N–H and O–H groups in total. The lowest BCUT2D eigenvalue weighted by atomic mass is 9.81. The van der Waals surface area contributed by atoms with Crippen LogP contribution < -0.4 is 5.01 Å². The largest absolute Gasteiger partial charge is 0.456 e. The van der Waals surface area contributed by atoms with Gasteiger partial charge in [-0.05, 0) is 152 Å². The summed E-state index contributed by atoms with van der Waals surface area (Å²) < 4.78 is 23.6. The third-order valence-corrected chi connectivity index (χ3v) is 10.2. The monoisotopic (exact) mass is 753 g/mol. The molecule has 55 heavy (non-hydrogen) atoms. The van der Waals surface area contributed by atoms with Gasteiger partial charge in [0.2, 0.25) is 0 Å². The van der Waals surface area contributed by atoms with Gasteiger partial charge in [-0.1, -0.05) is 36.4 Å². The summed E-state index contributed by atoms with van der Waals surface area (Å²) in [7, 11) is 0. The zero-order valence-corrected chi connectivity index (χ0v) is 35.1. The van der Waals surface area contributed by atoms with Gasteiger partial charge in [0.05, 0.1) is 24.0 Å². The number of aryl methyl sites for hydroxylation is 2. The fraction of sp³-hybridized carbons (Fsp3) is 0.543. The molecule has 5 rings (SSSR count). The van der Waals surface area contributed by atoms with Crippen molar-refractivity contribution in [1.82, 2.24) is 4.90 Å². The number of hydrogen-bond donors (Lipinski definition) is 0. The fourth-order valence-electron chi connectivity index (χ4n) is 7.81. The molecule has 0 bridgehead atoms. The number of carbonyl (C=O) groups is 2. The lowest BCUT2D eigenvalue weighted by Gasteiger charge is -2.33. The van der Waals surface area contributed by atoms with Crippen LogP contribution in [0.3, 0.4) is 0 Å². The van der Waals surface area contributed by atoms with Crippen molar-refractivity contribution in [3.05, 3.63) is 98.1 Å². The van der Waals surface area contributed by atoms with Crippen molar-refractivity contribution in [3.63, 3.8) is 0 Å². The molecule has 3 aromatic carbocycles. The van der Waals surface area contributed by atoms with Crippen molar-refractivity contribution >= 4 is 24.0 Å². The number of ether oxygens (including phenoxy) is 4. The Balaban J connectivity index is 1.27. The standard InChI is InChI=1S/C46H63N3O6/c1-12-53-32(4)26-40(36-15-14-35-19-22-48(28-37(35)27-36)44(51)55-46(9,10)11)38-16-17-41-39(33(38)5)18-20-47-49(41)21-13-23-52-29-34-24-30(2)42(31(3)25-34)43(50)54-45(6,7)8/h14-17,20,24-25,27,32,40H,12-13,18-19,21-23,26,28-29H2,1-11H3. The second-order valence-corrected chi connectivity index (χ2v) is 17.1. The molecular formula is C46H63N3O6. The number of anilines is 1. The van der Waals surface area contributed by atoms with Gasteiger partial charge in [-0.25, -0.2) is 9.59 Å². The molecule has 2 heterocycles. The Labute approximate surface area is 329 Å². The van der Waals surface area contributed by atoms with Gasteiger partial charge in [0.15, 0.2) is 0 Å². The average Bonchev–Trinajstić information content (AvgIpc) is 3.09. The van der Waals surface area contributed by atoms with E-state index < -0.39 is 11.2 Å². The maximum atomic E-state index is 13.0. The Morgan fingerprint density at radius 3 is 2.29 bits per heavy atom. The summed E-state index contributed by atoms with van der Waals surface area (Å²) in [5, 5.41) is 6.89. The highest BCUT2D eigenvalue weighted by atomic mass is 16.6. The van der Waals surface area contributed by atoms with E-state index in [1.807, 2.05) is 85.6 Å². The van der Waals surface area contributed by atoms with E-state index in [2.05, 4.69) is 49.2 Å². The van der Waals surface area contributed by atoms with Gasteiger partial charge < -0.3 is 23.8 Å². The first-order valence-electron chi connectivity index (χ1n) is 20.0. The first-order chi connectivity index (χ1) is 25.9. The molecule has 0 fully saturated rings. The molecule has 3 aromatic rings. The third-order valence-electron chi connectivity index (χ3n) is 10.2. The quantitative estimate of drug-likeness (QED) is 0.127. The molecule has 9 heteroatoms. The zero-order chi connectivity index (χ0) is 40.1. The predicted octanol–water partition coefficient (Wildman–Crippen LogP) is 9.76. The van der Waals surface area contributed by atoms with Crippen LogP contribution in [0.2, 0.25) is 0 Å². The highest BCUT2D eigenvalue weighted by molar-refractivity contribution is 5.93. The Hall–Kier alpha value is -4.21. The highest BCUT2D eigenvalue weighted by Crippen LogP contribution is 2.39. The molecule has 2 aliphatic rings. The van der Waals surface area contributed by atoms with Crippen LogP contribution in [0.4, 0.5) is 10.5 Å². The summed E-state index contributed by atoms with van der Waals surface area (Å²) in [6.07, 6.45) is 5.09. The van der Waals surface area contributed by atoms with E-state index in [-0.39, 0.29) is 24.1 Å². The van der Waals surface area contributed by atoms with Crippen molar-refractivity contribution < 1.29 is 28.5 Å². The molecule has 2 atom stereocenters. The molecule has 2 unspecified atom stereocenters. The van der Waals surface area contributed by atoms with Crippen LogP contribution >= 0.6 is 0 Å². The number of hydrazone groups is 1. The maximum Gasteiger partial charge on any atom is 0.410 e. The number of esters is 1. The summed E-state index contributed by atoms with van der Waals surface area (Å²) in [5.74, 6) is -0.165. The molecular weight excluding hydrogens is 691 g/mol. The maximum absolute atomic E-state index is 13.0. The van der Waals surface area contributed by atoms with Crippen LogP contribution in [0.15, 0.2) is 47.6 Å². The van der Waals surface area contributed by atoms with Crippen LogP contribution in [0.5, 0.6) is 0 Å². The van der Waals surface area contributed by atoms with E-state index >= 15 is 0 Å². The molecule has 0 saturated carbocycles. The van der Waals surface area contributed by atoms with Crippen molar-refractivity contribution in [3.8, 4) is 0 Å². The predicted molar refractivity (Wildman–Crippen MR) is 220 cm³/mol. The van der Waals surface area contributed by atoms with Crippen LogP contribution in [-0.2, 0) is 44.9 Å². The lowest BCUT2D eigenvalue weighted by Crippen LogP contribution is -2.39. The van der Waals surface area contributed by atoms with E-state index in [1.165, 1.54) is 33.4 Å². The summed E-state index contributed by atoms with van der Waals surface area (Å²) in [6, 6.07) is 15.4. The van der Waals surface area contributed by atoms with Gasteiger partial charge in [0, 0.05) is 51.4 Å². The summed E-state index contributed by atoms with van der Waals surface area (Å²) in [5.41, 5.74) is 11.1. The van der Waals surface area contributed by atoms with Gasteiger partial charge in [0.1, 0.15) is 11.2 Å². The molecule has 0 spiro atoms. The SMILES string of the molecule is CCOC(C)CC(c1ccc2c(c1)CN(C(=O)OC(C)(C)C)CC2)c1ccc2c(c1C)CC=NN2CCCOCc1cc(C)c(C(=O)OC(C)(C)C)c(C)c1.